The molecule has 0 saturated carbocycles. The summed E-state index contributed by atoms with van der Waals surface area (Å²) in [6, 6.07) is 23.1. The number of aromatic hydroxyl groups is 3. The van der Waals surface area contributed by atoms with E-state index in [1.54, 1.807) is 123 Å². The third-order valence-corrected chi connectivity index (χ3v) is 15.5. The lowest BCUT2D eigenvalue weighted by molar-refractivity contribution is -0.388. The molecule has 1 aliphatic rings. The number of nitrogens with zero attached hydrogens (tertiary/aromatic N) is 2. The average molecular weight is 1340 g/mol. The Hall–Kier alpha value is -7.48. The van der Waals surface area contributed by atoms with Gasteiger partial charge in [0.05, 0.1) is 10.8 Å². The van der Waals surface area contributed by atoms with E-state index >= 15 is 0 Å². The molecule has 0 spiro atoms. The lowest BCUT2D eigenvalue weighted by atomic mass is 9.87. The first-order chi connectivity index (χ1) is 43.0. The highest BCUT2D eigenvalue weighted by Gasteiger charge is 2.28. The number of hydrogen-bond acceptors (Lipinski definition) is 21. The number of aromatic nitrogens is 1. The Bertz CT molecular complexity index is 2900. The van der Waals surface area contributed by atoms with Crippen LogP contribution in [0, 0.1) is 45.6 Å². The predicted molar refractivity (Wildman–Crippen MR) is 359 cm³/mol. The quantitative estimate of drug-likeness (QED) is 0.00388. The van der Waals surface area contributed by atoms with E-state index in [1.807, 2.05) is 32.9 Å². The van der Waals surface area contributed by atoms with E-state index < -0.39 is 45.5 Å². The maximum absolute atomic E-state index is 12.7. The lowest BCUT2D eigenvalue weighted by Crippen LogP contribution is -2.36. The van der Waals surface area contributed by atoms with Gasteiger partial charge in [0, 0.05) is 62.3 Å². The molecule has 0 bridgehead atoms. The van der Waals surface area contributed by atoms with Gasteiger partial charge in [-0.15, -0.1) is 0 Å². The Balaban J connectivity index is 0.000000701. The second-order valence-electron chi connectivity index (χ2n) is 25.6. The van der Waals surface area contributed by atoms with Crippen LogP contribution < -0.4 is 16.6 Å². The van der Waals surface area contributed by atoms with Crippen molar-refractivity contribution in [1.82, 2.24) is 15.7 Å². The van der Waals surface area contributed by atoms with Crippen molar-refractivity contribution in [2.45, 2.75) is 183 Å². The number of carbonyl (C=O) groups excluding carboxylic acids is 6. The maximum Gasteiger partial charge on any atom is 0.325 e. The Morgan fingerprint density at radius 3 is 1.32 bits per heavy atom. The summed E-state index contributed by atoms with van der Waals surface area (Å²) in [5.41, 5.74) is 3.18. The minimum atomic E-state index is -0.870. The van der Waals surface area contributed by atoms with Crippen LogP contribution in [0.25, 0.3) is 0 Å². The number of nitro groups is 1. The molecule has 1 saturated heterocycles. The van der Waals surface area contributed by atoms with Crippen molar-refractivity contribution < 1.29 is 82.6 Å². The number of benzene rings is 3. The number of rotatable bonds is 29. The van der Waals surface area contributed by atoms with Crippen LogP contribution in [0.3, 0.4) is 0 Å². The van der Waals surface area contributed by atoms with Gasteiger partial charge in [0.15, 0.2) is 5.03 Å². The van der Waals surface area contributed by atoms with Crippen molar-refractivity contribution in [2.24, 2.45) is 41.4 Å². The first-order valence-electron chi connectivity index (χ1n) is 30.6. The zero-order valence-corrected chi connectivity index (χ0v) is 56.9. The van der Waals surface area contributed by atoms with Crippen LogP contribution in [0.4, 0.5) is 5.69 Å². The number of pyridine rings is 1. The molecule has 1 fully saturated rings. The number of phenolic OH excluding ortho intramolecular Hbond substituents is 3. The van der Waals surface area contributed by atoms with Crippen LogP contribution in [0.5, 0.6) is 17.2 Å². The van der Waals surface area contributed by atoms with Crippen LogP contribution in [0.1, 0.15) is 159 Å². The van der Waals surface area contributed by atoms with Crippen LogP contribution in [0.15, 0.2) is 96.2 Å². The van der Waals surface area contributed by atoms with Crippen molar-refractivity contribution in [1.29, 1.82) is 0 Å². The van der Waals surface area contributed by atoms with Crippen molar-refractivity contribution in [3.8, 4) is 17.2 Å². The van der Waals surface area contributed by atoms with Gasteiger partial charge in [0.25, 0.3) is 0 Å². The Morgan fingerprint density at radius 1 is 0.613 bits per heavy atom. The van der Waals surface area contributed by atoms with Gasteiger partial charge in [0.1, 0.15) is 47.2 Å². The van der Waals surface area contributed by atoms with E-state index in [-0.39, 0.29) is 121 Å². The number of aliphatic carboxylic acids is 1. The van der Waals surface area contributed by atoms with E-state index in [2.05, 4.69) is 15.7 Å². The molecule has 0 aliphatic carbocycles. The molecule has 518 valence electrons. The molecule has 6 atom stereocenters. The summed E-state index contributed by atoms with van der Waals surface area (Å²) in [4.78, 5) is 98.7. The number of amides is 2. The summed E-state index contributed by atoms with van der Waals surface area (Å²) in [6.45, 7) is 23.2. The SMILES string of the molecule is C.C1CCOC1.C[C@@H](C[C@@H](CC(=O)OC(C)(C)C)Cc1ccc(O)cc1)C(=O)NCC(=O)OCCSSc1ncccc1[N+](=O)[O-].C[C@@H](C[C@@H](CC(=O)OC(C)(C)C)Cc1ccc(O)cc1)C(=O)NN.C[C@@H](C[C@@H](CC(=O)OC(C)(C)C)Cc1ccc(O)cc1)C(=O)O. The molecule has 0 unspecified atom stereocenters. The number of nitrogens with two attached hydrogens (primary N) is 1. The van der Waals surface area contributed by atoms with Crippen LogP contribution in [-0.4, -0.2) is 121 Å². The van der Waals surface area contributed by atoms with Gasteiger partial charge in [0.2, 0.25) is 11.8 Å². The molecule has 4 aromatic rings. The van der Waals surface area contributed by atoms with Crippen LogP contribution in [0.2, 0.25) is 0 Å². The number of carboxylic acid groups (broad SMARTS) is 1. The van der Waals surface area contributed by atoms with Crippen LogP contribution in [-0.2, 0) is 76.5 Å². The zero-order valence-electron chi connectivity index (χ0n) is 55.2. The topological polar surface area (TPSA) is 353 Å². The van der Waals surface area contributed by atoms with Gasteiger partial charge in [-0.05, 0) is 201 Å². The first kappa shape index (κ1) is 83.5. The summed E-state index contributed by atoms with van der Waals surface area (Å²) in [5, 5.41) is 51.2. The highest BCUT2D eigenvalue weighted by molar-refractivity contribution is 8.76. The number of esters is 4. The lowest BCUT2D eigenvalue weighted by Gasteiger charge is -2.24. The smallest absolute Gasteiger partial charge is 0.325 e. The van der Waals surface area contributed by atoms with E-state index in [0.717, 1.165) is 40.7 Å². The van der Waals surface area contributed by atoms with E-state index in [1.165, 1.54) is 42.0 Å². The fraction of sp³-hybridized carbons (Fsp3) is 0.559. The molecule has 2 amide bonds. The third-order valence-electron chi connectivity index (χ3n) is 13.3. The molecule has 1 aromatic heterocycles. The Labute approximate surface area is 556 Å². The minimum absolute atomic E-state index is 0. The number of hydrazine groups is 1. The fourth-order valence-electron chi connectivity index (χ4n) is 9.19. The number of nitrogens with one attached hydrogen (secondary N) is 2. The molecule has 1 aliphatic heterocycles. The monoisotopic (exact) mass is 1340 g/mol. The van der Waals surface area contributed by atoms with Gasteiger partial charge in [-0.2, -0.15) is 0 Å². The standard InChI is InChI=1S/C27H35N3O8S2.C18H28N2O4.C18H26O5.C4H8O.CH4/c1-18(14-20(16-23(32)38-27(2,3)4)15-19-7-9-21(31)10-8-19)25(34)29-17-24(33)37-12-13-39-40-26-22(30(35)36)6-5-11-28-26;1-12(17(23)20-19)9-14(11-16(22)24-18(2,3)4)10-13-5-7-15(21)8-6-13;1-12(17(21)22)9-14(11-16(20)23-18(2,3)4)10-13-5-7-15(19)8-6-13;1-2-4-5-3-1;/h5-11,18,20,31H,12-17H2,1-4H3,(H,29,34);5-8,12,14,21H,9-11,19H2,1-4H3,(H,20,23);5-8,12,14,19H,9-11H2,1-4H3,(H,21,22);1-4H2;1H4/t18-,20+;2*12-,14+;;/m000../s1. The molecule has 93 heavy (non-hydrogen) atoms. The third kappa shape index (κ3) is 39.6. The predicted octanol–water partition coefficient (Wildman–Crippen LogP) is 11.8. The summed E-state index contributed by atoms with van der Waals surface area (Å²) in [5.74, 6) is 1.32. The minimum Gasteiger partial charge on any atom is -0.508 e. The number of ether oxygens (including phenoxy) is 5. The molecule has 0 radical (unpaired) electrons. The molecule has 3 aromatic carbocycles. The fourth-order valence-corrected chi connectivity index (χ4v) is 11.0. The Morgan fingerprint density at radius 2 is 0.989 bits per heavy atom. The second kappa shape index (κ2) is 42.7. The highest BCUT2D eigenvalue weighted by Crippen LogP contribution is 2.35. The molecule has 8 N–H and O–H groups in total. The van der Waals surface area contributed by atoms with Gasteiger partial charge in [-0.25, -0.2) is 10.8 Å². The second-order valence-corrected chi connectivity index (χ2v) is 28.0. The van der Waals surface area contributed by atoms with E-state index in [4.69, 9.17) is 34.6 Å². The van der Waals surface area contributed by atoms with Crippen molar-refractivity contribution in [3.63, 3.8) is 0 Å². The molecule has 23 nitrogen and oxygen atoms in total. The van der Waals surface area contributed by atoms with Crippen molar-refractivity contribution in [3.05, 3.63) is 118 Å². The number of carbonyl (C=O) groups is 7. The molecule has 5 rings (SSSR count). The van der Waals surface area contributed by atoms with Crippen molar-refractivity contribution in [2.75, 3.05) is 32.1 Å². The summed E-state index contributed by atoms with van der Waals surface area (Å²) in [7, 11) is 2.38. The maximum atomic E-state index is 12.7. The Kier molecular flexibility index (Phi) is 38.3. The first-order valence-corrected chi connectivity index (χ1v) is 33.0. The van der Waals surface area contributed by atoms with Gasteiger partial charge in [-0.3, -0.25) is 49.1 Å². The van der Waals surface area contributed by atoms with Gasteiger partial charge in [-0.1, -0.05) is 75.4 Å². The number of hydrogen-bond donors (Lipinski definition) is 7. The van der Waals surface area contributed by atoms with Crippen LogP contribution >= 0.6 is 21.6 Å². The number of carboxylic acids is 1. The molecule has 25 heteroatoms. The van der Waals surface area contributed by atoms with Gasteiger partial charge < -0.3 is 49.4 Å². The highest BCUT2D eigenvalue weighted by atomic mass is 33.1. The van der Waals surface area contributed by atoms with E-state index in [0.29, 0.717) is 44.3 Å². The van der Waals surface area contributed by atoms with Gasteiger partial charge >= 0.3 is 35.5 Å². The van der Waals surface area contributed by atoms with E-state index in [9.17, 15) is 59.0 Å². The van der Waals surface area contributed by atoms with Crippen molar-refractivity contribution >= 4 is 68.9 Å². The molecular formula is C68H101N5O18S2. The normalized spacial score (nSPS) is 13.8. The zero-order chi connectivity index (χ0) is 69.2. The molecular weight excluding hydrogens is 1240 g/mol. The largest absolute Gasteiger partial charge is 0.508 e. The summed E-state index contributed by atoms with van der Waals surface area (Å²) in [6.07, 6.45) is 7.53. The summed E-state index contributed by atoms with van der Waals surface area (Å²) < 4.78 is 26.3. The summed E-state index contributed by atoms with van der Waals surface area (Å²) >= 11 is 0. The number of phenols is 3. The average Bonchev–Trinajstić information content (AvgIpc) is 2.24. The molecule has 2 heterocycles.